The number of nitrogens with zero attached hydrogens (tertiary/aromatic N) is 2. The summed E-state index contributed by atoms with van der Waals surface area (Å²) in [5, 5.41) is 4.01. The molecule has 0 aliphatic carbocycles. The van der Waals surface area contributed by atoms with Gasteiger partial charge >= 0.3 is 0 Å². The number of hydrogen-bond acceptors (Lipinski definition) is 2. The van der Waals surface area contributed by atoms with E-state index in [0.717, 1.165) is 26.6 Å². The van der Waals surface area contributed by atoms with E-state index in [9.17, 15) is 9.59 Å². The number of amides is 2. The van der Waals surface area contributed by atoms with Gasteiger partial charge in [0.05, 0.1) is 6.54 Å². The summed E-state index contributed by atoms with van der Waals surface area (Å²) in [6.07, 6.45) is 2.33. The lowest BCUT2D eigenvalue weighted by Crippen LogP contribution is -2.35. The number of likely N-dealkylation sites (N-methyl/N-ethyl adjacent to an activating group) is 1. The molecule has 3 aromatic rings. The Labute approximate surface area is 167 Å². The Morgan fingerprint density at radius 1 is 1.15 bits per heavy atom. The van der Waals surface area contributed by atoms with Gasteiger partial charge in [0.2, 0.25) is 11.8 Å². The smallest absolute Gasteiger partial charge is 0.243 e. The van der Waals surface area contributed by atoms with E-state index in [1.54, 1.807) is 7.05 Å². The van der Waals surface area contributed by atoms with Crippen LogP contribution in [-0.4, -0.2) is 34.9 Å². The van der Waals surface area contributed by atoms with Crippen molar-refractivity contribution in [1.82, 2.24) is 9.47 Å². The minimum Gasteiger partial charge on any atom is -0.347 e. The number of aromatic nitrogens is 1. The van der Waals surface area contributed by atoms with E-state index in [2.05, 4.69) is 25.8 Å². The van der Waals surface area contributed by atoms with Crippen molar-refractivity contribution >= 4 is 44.3 Å². The monoisotopic (exact) mass is 427 g/mol. The summed E-state index contributed by atoms with van der Waals surface area (Å²) < 4.78 is 3.02. The van der Waals surface area contributed by atoms with Crippen LogP contribution in [0, 0.1) is 6.92 Å². The quantitative estimate of drug-likeness (QED) is 0.640. The van der Waals surface area contributed by atoms with Crippen LogP contribution in [0.4, 0.5) is 5.69 Å². The van der Waals surface area contributed by atoms with E-state index in [1.165, 1.54) is 4.90 Å². The fraction of sp³-hybridized carbons (Fsp3) is 0.238. The SMILES string of the molecule is Cc1cc(Br)ccc1NC(=O)CN(C)C(=O)CCn1ccc2ccccc21. The number of rotatable bonds is 6. The largest absolute Gasteiger partial charge is 0.347 e. The maximum Gasteiger partial charge on any atom is 0.243 e. The summed E-state index contributed by atoms with van der Waals surface area (Å²) in [6.45, 7) is 2.54. The highest BCUT2D eigenvalue weighted by Gasteiger charge is 2.14. The lowest BCUT2D eigenvalue weighted by molar-refractivity contribution is -0.133. The molecule has 0 atom stereocenters. The molecule has 3 rings (SSSR count). The van der Waals surface area contributed by atoms with Crippen molar-refractivity contribution in [2.75, 3.05) is 18.9 Å². The van der Waals surface area contributed by atoms with Gasteiger partial charge in [-0.25, -0.2) is 0 Å². The number of carbonyl (C=O) groups is 2. The second-order valence-electron chi connectivity index (χ2n) is 6.58. The number of hydrogen-bond donors (Lipinski definition) is 1. The summed E-state index contributed by atoms with van der Waals surface area (Å²) in [4.78, 5) is 26.1. The van der Waals surface area contributed by atoms with Crippen molar-refractivity contribution in [3.63, 3.8) is 0 Å². The fourth-order valence-corrected chi connectivity index (χ4v) is 3.48. The van der Waals surface area contributed by atoms with Gasteiger partial charge in [0.1, 0.15) is 0 Å². The first-order valence-electron chi connectivity index (χ1n) is 8.78. The van der Waals surface area contributed by atoms with Gasteiger partial charge in [0.15, 0.2) is 0 Å². The molecule has 5 nitrogen and oxygen atoms in total. The molecule has 0 radical (unpaired) electrons. The van der Waals surface area contributed by atoms with Gasteiger partial charge in [0.25, 0.3) is 0 Å². The Kier molecular flexibility index (Phi) is 5.96. The molecule has 0 spiro atoms. The third-order valence-electron chi connectivity index (χ3n) is 4.52. The Bertz CT molecular complexity index is 980. The van der Waals surface area contributed by atoms with Crippen molar-refractivity contribution in [3.8, 4) is 0 Å². The average molecular weight is 428 g/mol. The number of carbonyl (C=O) groups excluding carboxylic acids is 2. The molecule has 6 heteroatoms. The second kappa shape index (κ2) is 8.39. The van der Waals surface area contributed by atoms with Crippen LogP contribution >= 0.6 is 15.9 Å². The minimum atomic E-state index is -0.206. The summed E-state index contributed by atoms with van der Waals surface area (Å²) in [5.41, 5.74) is 2.82. The first kappa shape index (κ1) is 19.2. The Hall–Kier alpha value is -2.60. The van der Waals surface area contributed by atoms with Gasteiger partial charge in [0, 0.05) is 41.9 Å². The zero-order valence-electron chi connectivity index (χ0n) is 15.4. The lowest BCUT2D eigenvalue weighted by Gasteiger charge is -2.18. The second-order valence-corrected chi connectivity index (χ2v) is 7.49. The highest BCUT2D eigenvalue weighted by atomic mass is 79.9. The van der Waals surface area contributed by atoms with E-state index < -0.39 is 0 Å². The average Bonchev–Trinajstić information content (AvgIpc) is 3.05. The van der Waals surface area contributed by atoms with E-state index in [4.69, 9.17) is 0 Å². The molecule has 1 N–H and O–H groups in total. The van der Waals surface area contributed by atoms with Crippen molar-refractivity contribution in [2.24, 2.45) is 0 Å². The van der Waals surface area contributed by atoms with Gasteiger partial charge in [-0.1, -0.05) is 34.1 Å². The number of halogens is 1. The van der Waals surface area contributed by atoms with Gasteiger partial charge in [-0.15, -0.1) is 0 Å². The molecular weight excluding hydrogens is 406 g/mol. The van der Waals surface area contributed by atoms with Crippen LogP contribution in [0.15, 0.2) is 59.2 Å². The number of para-hydroxylation sites is 1. The highest BCUT2D eigenvalue weighted by Crippen LogP contribution is 2.20. The lowest BCUT2D eigenvalue weighted by atomic mass is 10.2. The number of benzene rings is 2. The molecule has 0 fully saturated rings. The topological polar surface area (TPSA) is 54.3 Å². The maximum atomic E-state index is 12.4. The first-order valence-corrected chi connectivity index (χ1v) is 9.57. The molecule has 2 aromatic carbocycles. The molecule has 27 heavy (non-hydrogen) atoms. The number of anilines is 1. The predicted molar refractivity (Wildman–Crippen MR) is 112 cm³/mol. The van der Waals surface area contributed by atoms with Crippen LogP contribution in [0.2, 0.25) is 0 Å². The van der Waals surface area contributed by atoms with Crippen LogP contribution in [0.25, 0.3) is 10.9 Å². The molecule has 0 aliphatic heterocycles. The first-order chi connectivity index (χ1) is 12.9. The third kappa shape index (κ3) is 4.77. The third-order valence-corrected chi connectivity index (χ3v) is 5.01. The summed E-state index contributed by atoms with van der Waals surface area (Å²) in [7, 11) is 1.66. The molecule has 1 aromatic heterocycles. The number of fused-ring (bicyclic) bond motifs is 1. The molecule has 1 heterocycles. The summed E-state index contributed by atoms with van der Waals surface area (Å²) in [6, 6.07) is 15.8. The zero-order chi connectivity index (χ0) is 19.4. The predicted octanol–water partition coefficient (Wildman–Crippen LogP) is 4.20. The normalized spacial score (nSPS) is 10.8. The molecule has 0 saturated heterocycles. The van der Waals surface area contributed by atoms with Crippen LogP contribution < -0.4 is 5.32 Å². The highest BCUT2D eigenvalue weighted by molar-refractivity contribution is 9.10. The van der Waals surface area contributed by atoms with E-state index in [-0.39, 0.29) is 18.4 Å². The van der Waals surface area contributed by atoms with Crippen molar-refractivity contribution in [2.45, 2.75) is 19.9 Å². The maximum absolute atomic E-state index is 12.4. The van der Waals surface area contributed by atoms with Crippen molar-refractivity contribution < 1.29 is 9.59 Å². The standard InChI is InChI=1S/C21H22BrN3O2/c1-15-13-17(22)7-8-18(15)23-20(26)14-24(2)21(27)10-12-25-11-9-16-5-3-4-6-19(16)25/h3-9,11,13H,10,12,14H2,1-2H3,(H,23,26). The van der Waals surface area contributed by atoms with Gasteiger partial charge in [-0.05, 0) is 48.2 Å². The number of aryl methyl sites for hydroxylation is 2. The van der Waals surface area contributed by atoms with Crippen molar-refractivity contribution in [3.05, 3.63) is 64.8 Å². The van der Waals surface area contributed by atoms with Gasteiger partial charge in [-0.3, -0.25) is 9.59 Å². The molecule has 140 valence electrons. The Balaban J connectivity index is 1.53. The fourth-order valence-electron chi connectivity index (χ4n) is 3.00. The van der Waals surface area contributed by atoms with E-state index in [0.29, 0.717) is 13.0 Å². The van der Waals surface area contributed by atoms with E-state index >= 15 is 0 Å². The molecule has 0 unspecified atom stereocenters. The van der Waals surface area contributed by atoms with Gasteiger partial charge in [-0.2, -0.15) is 0 Å². The molecule has 0 aliphatic rings. The van der Waals surface area contributed by atoms with Gasteiger partial charge < -0.3 is 14.8 Å². The van der Waals surface area contributed by atoms with Crippen LogP contribution in [0.1, 0.15) is 12.0 Å². The van der Waals surface area contributed by atoms with Crippen molar-refractivity contribution in [1.29, 1.82) is 0 Å². The van der Waals surface area contributed by atoms with Crippen LogP contribution in [0.3, 0.4) is 0 Å². The molecule has 0 saturated carbocycles. The number of nitrogens with one attached hydrogen (secondary N) is 1. The minimum absolute atomic E-state index is 0.0285. The zero-order valence-corrected chi connectivity index (χ0v) is 17.0. The Morgan fingerprint density at radius 2 is 1.93 bits per heavy atom. The van der Waals surface area contributed by atoms with E-state index in [1.807, 2.05) is 61.7 Å². The summed E-state index contributed by atoms with van der Waals surface area (Å²) >= 11 is 3.40. The van der Waals surface area contributed by atoms with Crippen LogP contribution in [0.5, 0.6) is 0 Å². The molecular formula is C21H22BrN3O2. The molecule has 2 amide bonds. The Morgan fingerprint density at radius 3 is 2.70 bits per heavy atom. The summed E-state index contributed by atoms with van der Waals surface area (Å²) in [5.74, 6) is -0.266. The van der Waals surface area contributed by atoms with Crippen LogP contribution in [-0.2, 0) is 16.1 Å². The molecule has 0 bridgehead atoms.